The van der Waals surface area contributed by atoms with Crippen LogP contribution in [0.2, 0.25) is 0 Å². The zero-order valence-electron chi connectivity index (χ0n) is 7.48. The fraction of sp³-hybridized carbons (Fsp3) is 1.00. The lowest BCUT2D eigenvalue weighted by molar-refractivity contribution is -0.163. The molecular formula is C7H10Cl3NO4. The molecule has 2 fully saturated rings. The van der Waals surface area contributed by atoms with Crippen LogP contribution in [0.4, 0.5) is 0 Å². The van der Waals surface area contributed by atoms with E-state index < -0.39 is 34.7 Å². The quantitative estimate of drug-likeness (QED) is 0.668. The van der Waals surface area contributed by atoms with Crippen LogP contribution in [0.25, 0.3) is 0 Å². The zero-order valence-corrected chi connectivity index (χ0v) is 9.74. The highest BCUT2D eigenvalue weighted by Gasteiger charge is 2.55. The number of halogens is 3. The summed E-state index contributed by atoms with van der Waals surface area (Å²) in [7, 11) is 0. The summed E-state index contributed by atoms with van der Waals surface area (Å²) in [5.74, 6) is 0. The maximum absolute atomic E-state index is 9.70. The summed E-state index contributed by atoms with van der Waals surface area (Å²) in [6, 6.07) is 0. The normalized spacial score (nSPS) is 45.8. The van der Waals surface area contributed by atoms with Crippen molar-refractivity contribution in [2.24, 2.45) is 5.73 Å². The van der Waals surface area contributed by atoms with Crippen LogP contribution in [0.3, 0.4) is 0 Å². The second-order valence-electron chi connectivity index (χ2n) is 3.38. The molecule has 5 nitrogen and oxygen atoms in total. The van der Waals surface area contributed by atoms with E-state index >= 15 is 0 Å². The highest BCUT2D eigenvalue weighted by molar-refractivity contribution is 6.67. The van der Waals surface area contributed by atoms with Gasteiger partial charge in [0.15, 0.2) is 6.29 Å². The van der Waals surface area contributed by atoms with Crippen LogP contribution < -0.4 is 5.73 Å². The molecule has 0 aromatic carbocycles. The minimum absolute atomic E-state index is 0.180. The van der Waals surface area contributed by atoms with Gasteiger partial charge in [-0.2, -0.15) is 0 Å². The molecule has 2 saturated heterocycles. The van der Waals surface area contributed by atoms with E-state index in [4.69, 9.17) is 54.7 Å². The van der Waals surface area contributed by atoms with Gasteiger partial charge in [-0.25, -0.2) is 0 Å². The van der Waals surface area contributed by atoms with Crippen LogP contribution in [0.5, 0.6) is 0 Å². The molecule has 0 aliphatic carbocycles. The third kappa shape index (κ3) is 2.21. The lowest BCUT2D eigenvalue weighted by Gasteiger charge is -2.21. The van der Waals surface area contributed by atoms with Crippen LogP contribution in [-0.2, 0) is 14.2 Å². The summed E-state index contributed by atoms with van der Waals surface area (Å²) in [6.45, 7) is 0.180. The first-order chi connectivity index (χ1) is 6.93. The summed E-state index contributed by atoms with van der Waals surface area (Å²) in [4.78, 5) is 0. The highest BCUT2D eigenvalue weighted by Crippen LogP contribution is 2.41. The number of aliphatic hydroxyl groups is 1. The van der Waals surface area contributed by atoms with Crippen molar-refractivity contribution in [3.05, 3.63) is 0 Å². The minimum Gasteiger partial charge on any atom is -0.387 e. The number of fused-ring (bicyclic) bond motifs is 1. The first-order valence-electron chi connectivity index (χ1n) is 4.34. The lowest BCUT2D eigenvalue weighted by Crippen LogP contribution is -2.38. The molecule has 2 aliphatic rings. The fourth-order valence-electron chi connectivity index (χ4n) is 1.60. The summed E-state index contributed by atoms with van der Waals surface area (Å²) < 4.78 is 14.0. The smallest absolute Gasteiger partial charge is 0.241 e. The Bertz CT molecular complexity index is 249. The average Bonchev–Trinajstić information content (AvgIpc) is 2.65. The van der Waals surface area contributed by atoms with Crippen molar-refractivity contribution in [2.75, 3.05) is 6.54 Å². The number of hydrogen-bond donors (Lipinski definition) is 2. The van der Waals surface area contributed by atoms with Crippen molar-refractivity contribution in [2.45, 2.75) is 34.7 Å². The van der Waals surface area contributed by atoms with Gasteiger partial charge >= 0.3 is 0 Å². The Balaban J connectivity index is 2.02. The van der Waals surface area contributed by atoms with E-state index in [2.05, 4.69) is 0 Å². The summed E-state index contributed by atoms with van der Waals surface area (Å²) in [5.41, 5.74) is 5.37. The van der Waals surface area contributed by atoms with Crippen molar-refractivity contribution in [3.63, 3.8) is 0 Å². The predicted octanol–water partition coefficient (Wildman–Crippen LogP) is 0.143. The Morgan fingerprint density at radius 3 is 2.33 bits per heavy atom. The molecule has 0 spiro atoms. The van der Waals surface area contributed by atoms with Gasteiger partial charge < -0.3 is 25.1 Å². The van der Waals surface area contributed by atoms with Crippen molar-refractivity contribution >= 4 is 34.8 Å². The predicted molar refractivity (Wildman–Crippen MR) is 53.8 cm³/mol. The van der Waals surface area contributed by atoms with E-state index in [1.807, 2.05) is 0 Å². The molecule has 2 rings (SSSR count). The van der Waals surface area contributed by atoms with Crippen molar-refractivity contribution in [3.8, 4) is 0 Å². The van der Waals surface area contributed by atoms with E-state index in [1.54, 1.807) is 0 Å². The van der Waals surface area contributed by atoms with Crippen LogP contribution in [0.15, 0.2) is 0 Å². The van der Waals surface area contributed by atoms with E-state index in [9.17, 15) is 5.11 Å². The van der Waals surface area contributed by atoms with Gasteiger partial charge in [0.25, 0.3) is 0 Å². The third-order valence-electron chi connectivity index (χ3n) is 2.33. The van der Waals surface area contributed by atoms with Crippen LogP contribution in [0, 0.1) is 0 Å². The maximum atomic E-state index is 9.70. The van der Waals surface area contributed by atoms with E-state index in [0.717, 1.165) is 0 Å². The molecule has 3 N–H and O–H groups in total. The van der Waals surface area contributed by atoms with Gasteiger partial charge in [0.05, 0.1) is 0 Å². The molecular weight excluding hydrogens is 268 g/mol. The first-order valence-corrected chi connectivity index (χ1v) is 5.48. The lowest BCUT2D eigenvalue weighted by atomic mass is 10.1. The second kappa shape index (κ2) is 4.16. The molecule has 0 radical (unpaired) electrons. The molecule has 88 valence electrons. The van der Waals surface area contributed by atoms with E-state index in [0.29, 0.717) is 0 Å². The van der Waals surface area contributed by atoms with Gasteiger partial charge in [-0.3, -0.25) is 0 Å². The van der Waals surface area contributed by atoms with Gasteiger partial charge in [-0.15, -0.1) is 0 Å². The molecule has 0 aromatic rings. The number of hydrogen-bond acceptors (Lipinski definition) is 5. The largest absolute Gasteiger partial charge is 0.387 e. The molecule has 2 aliphatic heterocycles. The Hall–Kier alpha value is 0.670. The maximum Gasteiger partial charge on any atom is 0.241 e. The summed E-state index contributed by atoms with van der Waals surface area (Å²) >= 11 is 16.8. The SMILES string of the molecule is NC[C@@H]1O[C@@H]2OC(C(Cl)(Cl)Cl)O[C@@H]2[C@H]1O. The number of ether oxygens (including phenoxy) is 3. The second-order valence-corrected chi connectivity index (χ2v) is 5.75. The summed E-state index contributed by atoms with van der Waals surface area (Å²) in [5, 5.41) is 9.70. The number of alkyl halides is 3. The first kappa shape index (κ1) is 12.1. The molecule has 0 amide bonds. The molecule has 8 heteroatoms. The Morgan fingerprint density at radius 1 is 1.20 bits per heavy atom. The van der Waals surface area contributed by atoms with Gasteiger partial charge in [-0.1, -0.05) is 34.8 Å². The number of aliphatic hydroxyl groups excluding tert-OH is 1. The summed E-state index contributed by atoms with van der Waals surface area (Å²) in [6.07, 6.45) is -3.78. The van der Waals surface area contributed by atoms with Crippen LogP contribution >= 0.6 is 34.8 Å². The average molecular weight is 279 g/mol. The van der Waals surface area contributed by atoms with E-state index in [1.165, 1.54) is 0 Å². The topological polar surface area (TPSA) is 73.9 Å². The zero-order chi connectivity index (χ0) is 11.2. The minimum atomic E-state index is -1.70. The van der Waals surface area contributed by atoms with Gasteiger partial charge in [0.2, 0.25) is 10.1 Å². The van der Waals surface area contributed by atoms with Crippen LogP contribution in [-0.4, -0.2) is 46.3 Å². The molecule has 15 heavy (non-hydrogen) atoms. The Labute approximate surface area is 101 Å². The molecule has 0 aromatic heterocycles. The van der Waals surface area contributed by atoms with Crippen LogP contribution in [0.1, 0.15) is 0 Å². The molecule has 5 atom stereocenters. The number of rotatable bonds is 1. The van der Waals surface area contributed by atoms with Crippen molar-refractivity contribution < 1.29 is 19.3 Å². The Kier molecular flexibility index (Phi) is 3.37. The monoisotopic (exact) mass is 277 g/mol. The van der Waals surface area contributed by atoms with Gasteiger partial charge in [0, 0.05) is 6.54 Å². The highest BCUT2D eigenvalue weighted by atomic mass is 35.6. The standard InChI is InChI=1S/C7H10Cl3NO4/c8-7(9,10)6-14-4-3(12)2(1-11)13-5(4)15-6/h2-6,12H,1,11H2/t2-,3-,4+,5+,6?/m0/s1. The molecule has 1 unspecified atom stereocenters. The van der Waals surface area contributed by atoms with Gasteiger partial charge in [-0.05, 0) is 0 Å². The third-order valence-corrected chi connectivity index (χ3v) is 2.87. The molecule has 2 heterocycles. The van der Waals surface area contributed by atoms with E-state index in [-0.39, 0.29) is 6.54 Å². The van der Waals surface area contributed by atoms with Crippen molar-refractivity contribution in [1.82, 2.24) is 0 Å². The Morgan fingerprint density at radius 2 is 1.87 bits per heavy atom. The van der Waals surface area contributed by atoms with Gasteiger partial charge in [0.1, 0.15) is 18.3 Å². The molecule has 0 saturated carbocycles. The number of nitrogens with two attached hydrogens (primary N) is 1. The van der Waals surface area contributed by atoms with Crippen molar-refractivity contribution in [1.29, 1.82) is 0 Å². The molecule has 0 bridgehead atoms. The fourth-order valence-corrected chi connectivity index (χ4v) is 1.91.